The fourth-order valence-corrected chi connectivity index (χ4v) is 20.5. The van der Waals surface area contributed by atoms with Crippen LogP contribution in [0.2, 0.25) is 22.2 Å². The van der Waals surface area contributed by atoms with E-state index >= 15 is 17.6 Å². The first-order valence-corrected chi connectivity index (χ1v) is 32.7. The summed E-state index contributed by atoms with van der Waals surface area (Å²) in [4.78, 5) is 12.5. The first kappa shape index (κ1) is 73.7. The van der Waals surface area contributed by atoms with Gasteiger partial charge in [0.15, 0.2) is 8.32 Å². The fraction of sp³-hybridized carbons (Fsp3) is 0.578. The summed E-state index contributed by atoms with van der Waals surface area (Å²) in [7, 11) is -7.60. The van der Waals surface area contributed by atoms with Crippen LogP contribution in [0, 0.1) is 5.92 Å². The molecule has 3 rings (SSSR count). The Kier molecular flexibility index (Phi) is 25.5. The van der Waals surface area contributed by atoms with Crippen molar-refractivity contribution in [1.82, 2.24) is 0 Å². The summed E-state index contributed by atoms with van der Waals surface area (Å²) >= 11 is 0. The van der Waals surface area contributed by atoms with E-state index in [2.05, 4.69) is 20.8 Å². The molecule has 0 spiro atoms. The van der Waals surface area contributed by atoms with Crippen molar-refractivity contribution in [3.63, 3.8) is 0 Å². The lowest BCUT2D eigenvalue weighted by atomic mass is 9.91. The molecule has 1 N–H and O–H groups in total. The molecule has 3 aromatic rings. The van der Waals surface area contributed by atoms with Gasteiger partial charge < -0.3 is 18.4 Å². The van der Waals surface area contributed by atoms with E-state index in [1.807, 2.05) is 127 Å². The molecule has 0 amide bonds. The molecular weight excluding hydrogens is 1150 g/mol. The van der Waals surface area contributed by atoms with E-state index in [0.29, 0.717) is 41.7 Å². The molecule has 0 aliphatic carbocycles. The number of hydrogen-bond donors (Lipinski definition) is 1. The third-order valence-corrected chi connectivity index (χ3v) is 27.0. The van der Waals surface area contributed by atoms with Gasteiger partial charge in [-0.2, -0.15) is 57.1 Å². The number of hydrogen-bond acceptors (Lipinski definition) is 5. The Hall–Kier alpha value is -4.51. The van der Waals surface area contributed by atoms with Crippen LogP contribution in [0.15, 0.2) is 140 Å². The van der Waals surface area contributed by atoms with E-state index in [4.69, 9.17) is 13.3 Å². The Morgan fingerprint density at radius 2 is 1.17 bits per heavy atom. The molecule has 0 bridgehead atoms. The van der Waals surface area contributed by atoms with Gasteiger partial charge in [0.05, 0.1) is 18.3 Å². The van der Waals surface area contributed by atoms with E-state index in [-0.39, 0.29) is 6.42 Å². The van der Waals surface area contributed by atoms with E-state index in [1.54, 1.807) is 39.0 Å². The normalized spacial score (nSPS) is 16.8. The van der Waals surface area contributed by atoms with Crippen LogP contribution in [0.5, 0.6) is 0 Å². The second kappa shape index (κ2) is 29.0. The van der Waals surface area contributed by atoms with Gasteiger partial charge >= 0.3 is 41.4 Å². The van der Waals surface area contributed by atoms with Gasteiger partial charge in [-0.05, 0) is 123 Å². The van der Waals surface area contributed by atoms with Crippen LogP contribution in [0.25, 0.3) is 0 Å². The number of benzene rings is 2. The van der Waals surface area contributed by atoms with Crippen molar-refractivity contribution in [3.8, 4) is 0 Å². The lowest BCUT2D eigenvalue weighted by Gasteiger charge is -2.49. The first-order valence-electron chi connectivity index (χ1n) is 28.5. The van der Waals surface area contributed by atoms with Crippen molar-refractivity contribution in [2.24, 2.45) is 5.92 Å². The summed E-state index contributed by atoms with van der Waals surface area (Å²) in [5, 5.41) is 12.4. The maximum absolute atomic E-state index is 15.8. The molecule has 20 heteroatoms. The minimum atomic E-state index is -8.00. The molecule has 0 fully saturated rings. The third-order valence-electron chi connectivity index (χ3n) is 16.3. The molecule has 0 aliphatic rings. The van der Waals surface area contributed by atoms with Crippen molar-refractivity contribution in [2.45, 2.75) is 231 Å². The van der Waals surface area contributed by atoms with Gasteiger partial charge in [0.25, 0.3) is 8.32 Å². The van der Waals surface area contributed by atoms with Crippen LogP contribution in [0.4, 0.5) is 57.1 Å². The molecule has 0 aliphatic heterocycles. The molecule has 1 heterocycles. The largest absolute Gasteiger partial charge is 0.460 e. The lowest BCUT2D eigenvalue weighted by molar-refractivity contribution is -0.440. The number of alkyl halides is 13. The van der Waals surface area contributed by atoms with E-state index < -0.39 is 117 Å². The molecule has 0 saturated carbocycles. The molecule has 2 aromatic carbocycles. The Balaban J connectivity index is 2.17. The zero-order valence-electron chi connectivity index (χ0n) is 51.3. The fourth-order valence-electron chi connectivity index (χ4n) is 11.0. The third kappa shape index (κ3) is 16.2. The molecular formula is C64H87F13O5Si2. The van der Waals surface area contributed by atoms with Crippen molar-refractivity contribution in [3.05, 3.63) is 153 Å². The average molecular weight is 1240 g/mol. The number of aryl methyl sites for hydroxylation is 1. The van der Waals surface area contributed by atoms with Crippen molar-refractivity contribution < 1.29 is 75.5 Å². The van der Waals surface area contributed by atoms with Crippen molar-refractivity contribution >= 4 is 27.0 Å². The summed E-state index contributed by atoms with van der Waals surface area (Å²) in [6.07, 6.45) is -0.195. The quantitative estimate of drug-likeness (QED) is 0.0312. The summed E-state index contributed by atoms with van der Waals surface area (Å²) in [6.45, 7) is 29.0. The van der Waals surface area contributed by atoms with Crippen LogP contribution in [0.3, 0.4) is 0 Å². The molecule has 84 heavy (non-hydrogen) atoms. The van der Waals surface area contributed by atoms with Crippen LogP contribution in [0.1, 0.15) is 160 Å². The second-order valence-corrected chi connectivity index (χ2v) is 33.4. The van der Waals surface area contributed by atoms with Crippen LogP contribution in [-0.4, -0.2) is 75.8 Å². The molecule has 5 atom stereocenters. The highest BCUT2D eigenvalue weighted by molar-refractivity contribution is 6.99. The average Bonchev–Trinajstić information content (AvgIpc) is 0.819. The van der Waals surface area contributed by atoms with Gasteiger partial charge in [-0.1, -0.05) is 183 Å². The smallest absolute Gasteiger partial charge is 0.427 e. The van der Waals surface area contributed by atoms with E-state index in [0.717, 1.165) is 33.5 Å². The molecule has 5 nitrogen and oxygen atoms in total. The number of allylic oxidation sites excluding steroid dienone is 7. The van der Waals surface area contributed by atoms with Gasteiger partial charge in [0.2, 0.25) is 0 Å². The molecule has 0 unspecified atom stereocenters. The Morgan fingerprint density at radius 3 is 1.62 bits per heavy atom. The van der Waals surface area contributed by atoms with Crippen LogP contribution < -0.4 is 16.0 Å². The minimum Gasteiger partial charge on any atom is -0.427 e. The summed E-state index contributed by atoms with van der Waals surface area (Å²) in [6, 6.07) is 21.7. The summed E-state index contributed by atoms with van der Waals surface area (Å²) in [5.41, 5.74) is 2.73. The Bertz CT molecular complexity index is 2760. The lowest BCUT2D eigenvalue weighted by Crippen LogP contribution is -2.70. The van der Waals surface area contributed by atoms with Crippen LogP contribution in [-0.2, 0) is 15.3 Å². The first-order chi connectivity index (χ1) is 38.5. The monoisotopic (exact) mass is 1240 g/mol. The maximum atomic E-state index is 15.8. The predicted molar refractivity (Wildman–Crippen MR) is 314 cm³/mol. The highest BCUT2D eigenvalue weighted by atomic mass is 28.4. The molecule has 0 radical (unpaired) electrons. The van der Waals surface area contributed by atoms with Gasteiger partial charge in [0.1, 0.15) is 5.76 Å². The number of rotatable bonds is 30. The topological polar surface area (TPSA) is 68.9 Å². The predicted octanol–water partition coefficient (Wildman–Crippen LogP) is 18.8. The zero-order chi connectivity index (χ0) is 64.4. The van der Waals surface area contributed by atoms with Crippen molar-refractivity contribution in [2.75, 3.05) is 0 Å². The van der Waals surface area contributed by atoms with Gasteiger partial charge in [-0.25, -0.2) is 4.79 Å². The Labute approximate surface area is 490 Å². The summed E-state index contributed by atoms with van der Waals surface area (Å²) < 4.78 is 208. The number of aliphatic hydroxyl groups excluding tert-OH is 1. The second-order valence-electron chi connectivity index (χ2n) is 24.2. The standard InChI is InChI=1S/C64H87F13O5Si2/c1-17-26-50-34-36-53(80-57(50)79)48(12)55(78)47(11)28-25-27-43(7)39-45(9)40-44(8)33-35-54(81-84(58(14,15)16,51-29-21-19-22-30-51)52-31-23-20-24-32-52)49(13)56(46(10)18-2)82-83(41(3)4,42(5)6)38-37-59(65,66)60(67,68)61(69,70)62(71,72)63(73,74)64(75,76)77/h18-24,27-34,36,40-42,48-49,54-56,78H,17,25-26,35,37-39H2,1-16H3/b43-27+,44-33+,45-40+,46-18+,47-28+/t48-,49-,54-,55+,56-/m0/s1. The van der Waals surface area contributed by atoms with Gasteiger partial charge in [0, 0.05) is 23.8 Å². The van der Waals surface area contributed by atoms with Gasteiger partial charge in [-0.3, -0.25) is 0 Å². The minimum absolute atomic E-state index is 0.220. The highest BCUT2D eigenvalue weighted by Gasteiger charge is 2.90. The van der Waals surface area contributed by atoms with Crippen molar-refractivity contribution in [1.29, 1.82) is 0 Å². The zero-order valence-corrected chi connectivity index (χ0v) is 53.3. The number of halogens is 13. The summed E-state index contributed by atoms with van der Waals surface area (Å²) in [5.74, 6) is -38.2. The highest BCUT2D eigenvalue weighted by Crippen LogP contribution is 2.61. The molecule has 1 aromatic heterocycles. The Morgan fingerprint density at radius 1 is 0.655 bits per heavy atom. The molecule has 472 valence electrons. The van der Waals surface area contributed by atoms with E-state index in [9.17, 15) is 49.4 Å². The number of aliphatic hydroxyl groups is 1. The SMILES string of the molecule is C/C=C(\C)[C@H](O[Si](CCC(F)(F)C(F)(F)C(F)(F)C(F)(F)C(F)(F)C(F)(F)F)(C(C)C)C(C)C)[C@@H](C)[C@H](C/C=C(C)/C=C(\C)C/C(C)=C/C/C=C(\C)[C@@H](O)[C@@H](C)c1ccc(CCC)c(=O)o1)O[Si](c1ccccc1)(c1ccccc1)C(C)(C)C. The maximum Gasteiger partial charge on any atom is 0.460 e. The van der Waals surface area contributed by atoms with Gasteiger partial charge in [-0.15, -0.1) is 0 Å². The van der Waals surface area contributed by atoms with E-state index in [1.165, 1.54) is 27.7 Å². The van der Waals surface area contributed by atoms with Crippen LogP contribution >= 0.6 is 0 Å². The molecule has 0 saturated heterocycles.